The van der Waals surface area contributed by atoms with E-state index in [0.717, 1.165) is 27.9 Å². The normalized spacial score (nSPS) is 10.5. The molecule has 2 aromatic rings. The van der Waals surface area contributed by atoms with E-state index in [1.54, 1.807) is 7.11 Å². The lowest BCUT2D eigenvalue weighted by atomic mass is 10.2. The number of hydrogen-bond acceptors (Lipinski definition) is 3. The van der Waals surface area contributed by atoms with Crippen LogP contribution in [0, 0.1) is 0 Å². The number of benzene rings is 2. The summed E-state index contributed by atoms with van der Waals surface area (Å²) in [4.78, 5) is 0. The number of hydrogen-bond donors (Lipinski definition) is 1. The Morgan fingerprint density at radius 1 is 1.14 bits per heavy atom. The Bertz CT molecular complexity index is 619. The standard InChI is InChI=1S/C16H17BrClNO2/c1-19-9-11-3-6-15(16(7-11)20-2)21-10-12-4-5-13(17)8-14(12)18/h3-8,19H,9-10H2,1-2H3. The van der Waals surface area contributed by atoms with Crippen LogP contribution in [0.4, 0.5) is 0 Å². The molecule has 0 radical (unpaired) electrons. The molecule has 0 saturated carbocycles. The van der Waals surface area contributed by atoms with Gasteiger partial charge in [0.1, 0.15) is 6.61 Å². The van der Waals surface area contributed by atoms with Gasteiger partial charge in [0.2, 0.25) is 0 Å². The topological polar surface area (TPSA) is 30.5 Å². The first kappa shape index (κ1) is 16.1. The lowest BCUT2D eigenvalue weighted by molar-refractivity contribution is 0.284. The van der Waals surface area contributed by atoms with Gasteiger partial charge in [-0.3, -0.25) is 0 Å². The summed E-state index contributed by atoms with van der Waals surface area (Å²) in [5.41, 5.74) is 2.07. The molecule has 0 aliphatic rings. The fourth-order valence-electron chi connectivity index (χ4n) is 1.94. The van der Waals surface area contributed by atoms with Crippen LogP contribution in [0.25, 0.3) is 0 Å². The van der Waals surface area contributed by atoms with Gasteiger partial charge in [-0.25, -0.2) is 0 Å². The summed E-state index contributed by atoms with van der Waals surface area (Å²) in [6, 6.07) is 11.6. The van der Waals surface area contributed by atoms with Gasteiger partial charge in [-0.15, -0.1) is 0 Å². The largest absolute Gasteiger partial charge is 0.493 e. The second-order valence-corrected chi connectivity index (χ2v) is 5.86. The molecule has 0 atom stereocenters. The Morgan fingerprint density at radius 2 is 1.95 bits per heavy atom. The van der Waals surface area contributed by atoms with Crippen LogP contribution in [0.15, 0.2) is 40.9 Å². The molecule has 0 aliphatic heterocycles. The van der Waals surface area contributed by atoms with Crippen molar-refractivity contribution in [1.29, 1.82) is 0 Å². The summed E-state index contributed by atoms with van der Waals surface area (Å²) >= 11 is 9.57. The van der Waals surface area contributed by atoms with E-state index in [1.165, 1.54) is 0 Å². The molecule has 112 valence electrons. The van der Waals surface area contributed by atoms with E-state index in [1.807, 2.05) is 43.4 Å². The van der Waals surface area contributed by atoms with Crippen molar-refractivity contribution in [3.05, 3.63) is 57.0 Å². The maximum Gasteiger partial charge on any atom is 0.161 e. The van der Waals surface area contributed by atoms with E-state index in [2.05, 4.69) is 21.2 Å². The molecule has 2 aromatic carbocycles. The van der Waals surface area contributed by atoms with Crippen molar-refractivity contribution in [2.75, 3.05) is 14.2 Å². The Morgan fingerprint density at radius 3 is 2.62 bits per heavy atom. The van der Waals surface area contributed by atoms with Gasteiger partial charge in [-0.05, 0) is 36.9 Å². The monoisotopic (exact) mass is 369 g/mol. The number of ether oxygens (including phenoxy) is 2. The number of rotatable bonds is 6. The first-order chi connectivity index (χ1) is 10.1. The second-order valence-electron chi connectivity index (χ2n) is 4.54. The molecule has 2 rings (SSSR count). The van der Waals surface area contributed by atoms with E-state index < -0.39 is 0 Å². The summed E-state index contributed by atoms with van der Waals surface area (Å²) in [6.45, 7) is 1.18. The Kier molecular flexibility index (Phi) is 5.91. The fourth-order valence-corrected chi connectivity index (χ4v) is 2.67. The molecule has 3 nitrogen and oxygen atoms in total. The third-order valence-corrected chi connectivity index (χ3v) is 3.85. The number of halogens is 2. The predicted molar refractivity (Wildman–Crippen MR) is 89.2 cm³/mol. The summed E-state index contributed by atoms with van der Waals surface area (Å²) in [6.07, 6.45) is 0. The van der Waals surface area contributed by atoms with Crippen molar-refractivity contribution in [1.82, 2.24) is 5.32 Å². The molecule has 1 N–H and O–H groups in total. The fraction of sp³-hybridized carbons (Fsp3) is 0.250. The highest BCUT2D eigenvalue weighted by Crippen LogP contribution is 2.30. The zero-order valence-electron chi connectivity index (χ0n) is 12.0. The Hall–Kier alpha value is -1.23. The molecule has 0 bridgehead atoms. The maximum absolute atomic E-state index is 6.19. The number of methoxy groups -OCH3 is 1. The molecule has 21 heavy (non-hydrogen) atoms. The summed E-state index contributed by atoms with van der Waals surface area (Å²) in [5.74, 6) is 1.42. The van der Waals surface area contributed by atoms with Crippen LogP contribution in [0.5, 0.6) is 11.5 Å². The molecule has 0 unspecified atom stereocenters. The van der Waals surface area contributed by atoms with Gasteiger partial charge < -0.3 is 14.8 Å². The van der Waals surface area contributed by atoms with E-state index in [9.17, 15) is 0 Å². The lowest BCUT2D eigenvalue weighted by Crippen LogP contribution is -2.05. The summed E-state index contributed by atoms with van der Waals surface area (Å²) in [5, 5.41) is 3.78. The van der Waals surface area contributed by atoms with Crippen LogP contribution in [-0.4, -0.2) is 14.2 Å². The highest BCUT2D eigenvalue weighted by atomic mass is 79.9. The van der Waals surface area contributed by atoms with Gasteiger partial charge in [0.25, 0.3) is 0 Å². The second kappa shape index (κ2) is 7.69. The molecule has 0 aromatic heterocycles. The van der Waals surface area contributed by atoms with Crippen LogP contribution < -0.4 is 14.8 Å². The van der Waals surface area contributed by atoms with Crippen LogP contribution in [0.2, 0.25) is 5.02 Å². The minimum Gasteiger partial charge on any atom is -0.493 e. The van der Waals surface area contributed by atoms with Crippen molar-refractivity contribution < 1.29 is 9.47 Å². The highest BCUT2D eigenvalue weighted by Gasteiger charge is 2.08. The molecule has 0 saturated heterocycles. The average molecular weight is 371 g/mol. The van der Waals surface area contributed by atoms with E-state index in [0.29, 0.717) is 17.4 Å². The number of nitrogens with one attached hydrogen (secondary N) is 1. The van der Waals surface area contributed by atoms with Gasteiger partial charge in [0, 0.05) is 21.6 Å². The van der Waals surface area contributed by atoms with Crippen molar-refractivity contribution in [2.45, 2.75) is 13.2 Å². The van der Waals surface area contributed by atoms with Crippen LogP contribution in [-0.2, 0) is 13.2 Å². The Labute approximate surface area is 138 Å². The van der Waals surface area contributed by atoms with Crippen LogP contribution >= 0.6 is 27.5 Å². The zero-order valence-corrected chi connectivity index (χ0v) is 14.3. The minimum absolute atomic E-state index is 0.397. The van der Waals surface area contributed by atoms with Gasteiger partial charge >= 0.3 is 0 Å². The molecular weight excluding hydrogens is 354 g/mol. The molecule has 0 spiro atoms. The summed E-state index contributed by atoms with van der Waals surface area (Å²) < 4.78 is 12.1. The quantitative estimate of drug-likeness (QED) is 0.817. The van der Waals surface area contributed by atoms with Gasteiger partial charge in [-0.2, -0.15) is 0 Å². The third kappa shape index (κ3) is 4.37. The van der Waals surface area contributed by atoms with Crippen molar-refractivity contribution in [2.24, 2.45) is 0 Å². The molecular formula is C16H17BrClNO2. The van der Waals surface area contributed by atoms with E-state index in [4.69, 9.17) is 21.1 Å². The van der Waals surface area contributed by atoms with E-state index in [-0.39, 0.29) is 0 Å². The van der Waals surface area contributed by atoms with Crippen molar-refractivity contribution >= 4 is 27.5 Å². The maximum atomic E-state index is 6.19. The molecule has 0 amide bonds. The lowest BCUT2D eigenvalue weighted by Gasteiger charge is -2.13. The zero-order chi connectivity index (χ0) is 15.2. The SMILES string of the molecule is CNCc1ccc(OCc2ccc(Br)cc2Cl)c(OC)c1. The van der Waals surface area contributed by atoms with Gasteiger partial charge in [-0.1, -0.05) is 39.7 Å². The minimum atomic E-state index is 0.397. The smallest absolute Gasteiger partial charge is 0.161 e. The first-order valence-corrected chi connectivity index (χ1v) is 7.69. The molecule has 0 fully saturated rings. The third-order valence-electron chi connectivity index (χ3n) is 3.01. The molecule has 0 heterocycles. The van der Waals surface area contributed by atoms with Crippen molar-refractivity contribution in [3.8, 4) is 11.5 Å². The van der Waals surface area contributed by atoms with E-state index >= 15 is 0 Å². The summed E-state index contributed by atoms with van der Waals surface area (Å²) in [7, 11) is 3.55. The highest BCUT2D eigenvalue weighted by molar-refractivity contribution is 9.10. The predicted octanol–water partition coefficient (Wildman–Crippen LogP) is 4.41. The Balaban J connectivity index is 2.12. The van der Waals surface area contributed by atoms with Crippen molar-refractivity contribution in [3.63, 3.8) is 0 Å². The van der Waals surface area contributed by atoms with Crippen LogP contribution in [0.3, 0.4) is 0 Å². The van der Waals surface area contributed by atoms with Crippen LogP contribution in [0.1, 0.15) is 11.1 Å². The first-order valence-electron chi connectivity index (χ1n) is 6.52. The molecule has 0 aliphatic carbocycles. The van der Waals surface area contributed by atoms with Gasteiger partial charge in [0.05, 0.1) is 7.11 Å². The average Bonchev–Trinajstić information content (AvgIpc) is 2.47. The van der Waals surface area contributed by atoms with Gasteiger partial charge in [0.15, 0.2) is 11.5 Å². The molecule has 5 heteroatoms.